The molecular weight excluding hydrogens is 156 g/mol. The van der Waals surface area contributed by atoms with Crippen molar-refractivity contribution in [2.45, 2.75) is 58.8 Å². The lowest BCUT2D eigenvalue weighted by Crippen LogP contribution is -1.93. The van der Waals surface area contributed by atoms with Gasteiger partial charge in [-0.1, -0.05) is 52.2 Å². The van der Waals surface area contributed by atoms with Crippen molar-refractivity contribution in [1.82, 2.24) is 0 Å². The molecule has 0 fully saturated rings. The van der Waals surface area contributed by atoms with Crippen molar-refractivity contribution >= 4 is 0 Å². The van der Waals surface area contributed by atoms with E-state index >= 15 is 0 Å². The molecular formula is C13H25. The van der Waals surface area contributed by atoms with Gasteiger partial charge in [0.05, 0.1) is 0 Å². The highest BCUT2D eigenvalue weighted by atomic mass is 14.1. The average Bonchev–Trinajstić information content (AvgIpc) is 2.14. The lowest BCUT2D eigenvalue weighted by atomic mass is 9.97. The van der Waals surface area contributed by atoms with Gasteiger partial charge in [-0.15, -0.1) is 0 Å². The Bertz CT molecular complexity index is 124. The fraction of sp³-hybridized carbons (Fsp3) is 0.769. The number of hydrogen-bond donors (Lipinski definition) is 0. The second kappa shape index (κ2) is 8.34. The molecule has 0 saturated heterocycles. The van der Waals surface area contributed by atoms with Crippen LogP contribution in [0.4, 0.5) is 0 Å². The van der Waals surface area contributed by atoms with Crippen molar-refractivity contribution in [3.8, 4) is 0 Å². The van der Waals surface area contributed by atoms with Gasteiger partial charge < -0.3 is 0 Å². The first-order chi connectivity index (χ1) is 6.20. The minimum atomic E-state index is 0.865. The van der Waals surface area contributed by atoms with E-state index in [2.05, 4.69) is 27.4 Å². The summed E-state index contributed by atoms with van der Waals surface area (Å²) in [5, 5.41) is 0. The van der Waals surface area contributed by atoms with Gasteiger partial charge in [0.15, 0.2) is 0 Å². The fourth-order valence-corrected chi connectivity index (χ4v) is 1.33. The summed E-state index contributed by atoms with van der Waals surface area (Å²) in [6, 6.07) is 0. The molecule has 1 radical (unpaired) electrons. The zero-order valence-electron chi connectivity index (χ0n) is 9.44. The van der Waals surface area contributed by atoms with Crippen LogP contribution in [0.3, 0.4) is 0 Å². The molecule has 0 aromatic carbocycles. The van der Waals surface area contributed by atoms with Gasteiger partial charge in [0.2, 0.25) is 0 Å². The molecule has 0 rings (SSSR count). The maximum absolute atomic E-state index is 4.11. The molecule has 0 aliphatic rings. The highest BCUT2D eigenvalue weighted by Crippen LogP contribution is 2.17. The van der Waals surface area contributed by atoms with Crippen LogP contribution in [0.25, 0.3) is 0 Å². The molecule has 0 heteroatoms. The zero-order valence-corrected chi connectivity index (χ0v) is 9.44. The van der Waals surface area contributed by atoms with Gasteiger partial charge in [0.25, 0.3) is 0 Å². The normalized spacial score (nSPS) is 12.8. The third-order valence-corrected chi connectivity index (χ3v) is 2.72. The van der Waals surface area contributed by atoms with Crippen LogP contribution in [0, 0.1) is 12.8 Å². The van der Waals surface area contributed by atoms with E-state index < -0.39 is 0 Å². The van der Waals surface area contributed by atoms with E-state index in [1.165, 1.54) is 44.1 Å². The first-order valence-corrected chi connectivity index (χ1v) is 5.66. The second-order valence-electron chi connectivity index (χ2n) is 4.11. The smallest absolute Gasteiger partial charge is 0.0320 e. The third-order valence-electron chi connectivity index (χ3n) is 2.72. The van der Waals surface area contributed by atoms with E-state index in [-0.39, 0.29) is 0 Å². The molecule has 0 aliphatic heterocycles. The van der Waals surface area contributed by atoms with Crippen molar-refractivity contribution in [3.63, 3.8) is 0 Å². The van der Waals surface area contributed by atoms with Gasteiger partial charge in [-0.2, -0.15) is 0 Å². The zero-order chi connectivity index (χ0) is 10.1. The Hall–Kier alpha value is -0.260. The molecule has 0 spiro atoms. The molecule has 0 aromatic rings. The maximum atomic E-state index is 4.11. The van der Waals surface area contributed by atoms with E-state index in [9.17, 15) is 0 Å². The van der Waals surface area contributed by atoms with Crippen LogP contribution in [0.2, 0.25) is 0 Å². The summed E-state index contributed by atoms with van der Waals surface area (Å²) in [5.41, 5.74) is 1.44. The van der Waals surface area contributed by atoms with Crippen LogP contribution >= 0.6 is 0 Å². The molecule has 0 amide bonds. The molecule has 0 saturated carbocycles. The van der Waals surface area contributed by atoms with Crippen LogP contribution in [-0.4, -0.2) is 0 Å². The Balaban J connectivity index is 3.30. The van der Waals surface area contributed by atoms with E-state index in [0.717, 1.165) is 12.3 Å². The molecule has 1 unspecified atom stereocenters. The van der Waals surface area contributed by atoms with Crippen LogP contribution in [0.15, 0.2) is 12.2 Å². The molecule has 0 aromatic heterocycles. The highest BCUT2D eigenvalue weighted by Gasteiger charge is 2.00. The largest absolute Gasteiger partial charge is 0.0999 e. The van der Waals surface area contributed by atoms with Gasteiger partial charge in [-0.05, 0) is 31.6 Å². The van der Waals surface area contributed by atoms with Gasteiger partial charge >= 0.3 is 0 Å². The molecule has 13 heavy (non-hydrogen) atoms. The highest BCUT2D eigenvalue weighted by molar-refractivity contribution is 4.93. The third kappa shape index (κ3) is 8.08. The molecule has 0 nitrogen and oxygen atoms in total. The standard InChI is InChI=1S/C13H25/c1-5-7-8-9-13(4)11-10-12(3)6-2/h12H,1,4-11H2,2-3H3. The Labute approximate surface area is 84.4 Å². The number of allylic oxidation sites excluding steroid dienone is 1. The summed E-state index contributed by atoms with van der Waals surface area (Å²) >= 11 is 0. The summed E-state index contributed by atoms with van der Waals surface area (Å²) < 4.78 is 0. The van der Waals surface area contributed by atoms with Crippen molar-refractivity contribution in [1.29, 1.82) is 0 Å². The number of hydrogen-bond acceptors (Lipinski definition) is 0. The summed E-state index contributed by atoms with van der Waals surface area (Å²) in [6.45, 7) is 12.5. The van der Waals surface area contributed by atoms with Gasteiger partial charge in [-0.3, -0.25) is 0 Å². The SMILES string of the molecule is [CH2]CCCCC(=C)CCC(C)CC. The molecule has 0 N–H and O–H groups in total. The Morgan fingerprint density at radius 2 is 1.92 bits per heavy atom. The van der Waals surface area contributed by atoms with Gasteiger partial charge in [0, 0.05) is 0 Å². The quantitative estimate of drug-likeness (QED) is 0.374. The first-order valence-electron chi connectivity index (χ1n) is 5.66. The van der Waals surface area contributed by atoms with E-state index in [1.807, 2.05) is 0 Å². The van der Waals surface area contributed by atoms with E-state index in [4.69, 9.17) is 0 Å². The lowest BCUT2D eigenvalue weighted by Gasteiger charge is -2.09. The van der Waals surface area contributed by atoms with E-state index in [0.29, 0.717) is 0 Å². The van der Waals surface area contributed by atoms with Crippen molar-refractivity contribution in [2.24, 2.45) is 5.92 Å². The Morgan fingerprint density at radius 3 is 2.46 bits per heavy atom. The van der Waals surface area contributed by atoms with Gasteiger partial charge in [0.1, 0.15) is 0 Å². The molecule has 0 aliphatic carbocycles. The Morgan fingerprint density at radius 1 is 1.23 bits per heavy atom. The topological polar surface area (TPSA) is 0 Å². The first kappa shape index (κ1) is 12.7. The minimum Gasteiger partial charge on any atom is -0.0999 e. The Kier molecular flexibility index (Phi) is 8.18. The summed E-state index contributed by atoms with van der Waals surface area (Å²) in [7, 11) is 0. The summed E-state index contributed by atoms with van der Waals surface area (Å²) in [4.78, 5) is 0. The van der Waals surface area contributed by atoms with Crippen LogP contribution in [-0.2, 0) is 0 Å². The molecule has 1 atom stereocenters. The van der Waals surface area contributed by atoms with Crippen molar-refractivity contribution in [2.75, 3.05) is 0 Å². The van der Waals surface area contributed by atoms with Crippen molar-refractivity contribution in [3.05, 3.63) is 19.1 Å². The summed E-state index contributed by atoms with van der Waals surface area (Å²) in [5.74, 6) is 0.865. The molecule has 77 valence electrons. The predicted molar refractivity (Wildman–Crippen MR) is 61.7 cm³/mol. The van der Waals surface area contributed by atoms with Crippen molar-refractivity contribution < 1.29 is 0 Å². The maximum Gasteiger partial charge on any atom is -0.0320 e. The number of unbranched alkanes of at least 4 members (excludes halogenated alkanes) is 2. The molecule has 0 heterocycles. The monoisotopic (exact) mass is 181 g/mol. The lowest BCUT2D eigenvalue weighted by molar-refractivity contribution is 0.509. The van der Waals surface area contributed by atoms with Crippen LogP contribution < -0.4 is 0 Å². The van der Waals surface area contributed by atoms with Gasteiger partial charge in [-0.25, -0.2) is 0 Å². The predicted octanol–water partition coefficient (Wildman–Crippen LogP) is 4.76. The molecule has 0 bridgehead atoms. The van der Waals surface area contributed by atoms with E-state index in [1.54, 1.807) is 0 Å². The fourth-order valence-electron chi connectivity index (χ4n) is 1.33. The number of rotatable bonds is 8. The van der Waals surface area contributed by atoms with Crippen LogP contribution in [0.5, 0.6) is 0 Å². The summed E-state index contributed by atoms with van der Waals surface area (Å²) in [6.07, 6.45) is 8.66. The second-order valence-corrected chi connectivity index (χ2v) is 4.11. The van der Waals surface area contributed by atoms with Crippen LogP contribution in [0.1, 0.15) is 58.8 Å². The average molecular weight is 181 g/mol. The minimum absolute atomic E-state index is 0.865.